The van der Waals surface area contributed by atoms with Crippen LogP contribution in [0, 0.1) is 11.8 Å². The standard InChI is InChI=1S/C11H23NO4S/c1-2-10(9-17(12,13)14)7-16-8-11-3-5-15-6-4-11/h10-11H,2-9H2,1H3,(H2,12,13,14). The van der Waals surface area contributed by atoms with Gasteiger partial charge >= 0.3 is 0 Å². The van der Waals surface area contributed by atoms with Gasteiger partial charge in [0.2, 0.25) is 10.0 Å². The van der Waals surface area contributed by atoms with Gasteiger partial charge in [-0.1, -0.05) is 13.3 Å². The van der Waals surface area contributed by atoms with Gasteiger partial charge in [-0.15, -0.1) is 0 Å². The molecule has 0 aliphatic carbocycles. The molecule has 1 saturated heterocycles. The van der Waals surface area contributed by atoms with Crippen LogP contribution in [0.2, 0.25) is 0 Å². The maximum absolute atomic E-state index is 11.0. The summed E-state index contributed by atoms with van der Waals surface area (Å²) in [6.07, 6.45) is 2.84. The van der Waals surface area contributed by atoms with E-state index in [4.69, 9.17) is 14.6 Å². The van der Waals surface area contributed by atoms with Crippen LogP contribution in [0.25, 0.3) is 0 Å². The van der Waals surface area contributed by atoms with Gasteiger partial charge in [-0.25, -0.2) is 13.6 Å². The van der Waals surface area contributed by atoms with Crippen molar-refractivity contribution in [1.82, 2.24) is 0 Å². The van der Waals surface area contributed by atoms with Crippen LogP contribution in [0.4, 0.5) is 0 Å². The highest BCUT2D eigenvalue weighted by molar-refractivity contribution is 7.89. The topological polar surface area (TPSA) is 78.6 Å². The fourth-order valence-electron chi connectivity index (χ4n) is 1.93. The monoisotopic (exact) mass is 265 g/mol. The molecular formula is C11H23NO4S. The molecule has 102 valence electrons. The zero-order valence-electron chi connectivity index (χ0n) is 10.4. The number of sulfonamides is 1. The van der Waals surface area contributed by atoms with E-state index in [-0.39, 0.29) is 11.7 Å². The Bertz CT molecular complexity index is 299. The van der Waals surface area contributed by atoms with E-state index in [1.807, 2.05) is 6.92 Å². The third-order valence-corrected chi connectivity index (χ3v) is 4.03. The summed E-state index contributed by atoms with van der Waals surface area (Å²) >= 11 is 0. The normalized spacial score (nSPS) is 20.4. The predicted molar refractivity (Wildman–Crippen MR) is 66.1 cm³/mol. The summed E-state index contributed by atoms with van der Waals surface area (Å²) in [7, 11) is -3.39. The van der Waals surface area contributed by atoms with Crippen molar-refractivity contribution in [2.75, 3.05) is 32.2 Å². The molecule has 0 bridgehead atoms. The zero-order chi connectivity index (χ0) is 12.7. The molecule has 1 atom stereocenters. The molecule has 17 heavy (non-hydrogen) atoms. The minimum Gasteiger partial charge on any atom is -0.381 e. The van der Waals surface area contributed by atoms with E-state index in [0.717, 1.165) is 32.5 Å². The van der Waals surface area contributed by atoms with Gasteiger partial charge in [0, 0.05) is 19.8 Å². The number of hydrogen-bond donors (Lipinski definition) is 1. The van der Waals surface area contributed by atoms with Crippen LogP contribution in [0.1, 0.15) is 26.2 Å². The highest BCUT2D eigenvalue weighted by atomic mass is 32.2. The summed E-state index contributed by atoms with van der Waals surface area (Å²) in [6, 6.07) is 0. The highest BCUT2D eigenvalue weighted by Gasteiger charge is 2.17. The van der Waals surface area contributed by atoms with Crippen LogP contribution in [-0.4, -0.2) is 40.6 Å². The van der Waals surface area contributed by atoms with Gasteiger partial charge in [0.25, 0.3) is 0 Å². The zero-order valence-corrected chi connectivity index (χ0v) is 11.2. The number of nitrogens with two attached hydrogens (primary N) is 1. The molecule has 1 aliphatic rings. The number of ether oxygens (including phenoxy) is 2. The summed E-state index contributed by atoms with van der Waals surface area (Å²) in [5, 5.41) is 5.03. The van der Waals surface area contributed by atoms with Crippen molar-refractivity contribution in [2.45, 2.75) is 26.2 Å². The lowest BCUT2D eigenvalue weighted by Gasteiger charge is -2.23. The molecule has 1 rings (SSSR count). The van der Waals surface area contributed by atoms with Crippen LogP contribution in [-0.2, 0) is 19.5 Å². The Kier molecular flexibility index (Phi) is 6.40. The molecule has 6 heteroatoms. The largest absolute Gasteiger partial charge is 0.381 e. The number of hydrogen-bond acceptors (Lipinski definition) is 4. The van der Waals surface area contributed by atoms with Gasteiger partial charge in [-0.05, 0) is 24.7 Å². The first kappa shape index (κ1) is 14.9. The Hall–Kier alpha value is -0.170. The molecule has 2 N–H and O–H groups in total. The lowest BCUT2D eigenvalue weighted by molar-refractivity contribution is 0.0129. The molecule has 0 spiro atoms. The molecule has 0 aromatic carbocycles. The molecule has 1 heterocycles. The van der Waals surface area contributed by atoms with Crippen LogP contribution in [0.15, 0.2) is 0 Å². The summed E-state index contributed by atoms with van der Waals surface area (Å²) in [5.41, 5.74) is 0. The van der Waals surface area contributed by atoms with Gasteiger partial charge in [-0.2, -0.15) is 0 Å². The van der Waals surface area contributed by atoms with Crippen LogP contribution >= 0.6 is 0 Å². The Morgan fingerprint density at radius 3 is 2.59 bits per heavy atom. The second-order valence-corrected chi connectivity index (χ2v) is 6.36. The van der Waals surface area contributed by atoms with Crippen LogP contribution < -0.4 is 5.14 Å². The van der Waals surface area contributed by atoms with Gasteiger partial charge in [0.1, 0.15) is 0 Å². The van der Waals surface area contributed by atoms with E-state index >= 15 is 0 Å². The second-order valence-electron chi connectivity index (χ2n) is 4.70. The van der Waals surface area contributed by atoms with E-state index in [0.29, 0.717) is 19.1 Å². The number of rotatable bonds is 7. The van der Waals surface area contributed by atoms with Crippen molar-refractivity contribution < 1.29 is 17.9 Å². The van der Waals surface area contributed by atoms with E-state index in [1.165, 1.54) is 0 Å². The fourth-order valence-corrected chi connectivity index (χ4v) is 2.92. The third kappa shape index (κ3) is 6.98. The summed E-state index contributed by atoms with van der Waals surface area (Å²) in [5.74, 6) is 0.567. The first-order valence-corrected chi connectivity index (χ1v) is 7.88. The van der Waals surface area contributed by atoms with Crippen molar-refractivity contribution in [3.8, 4) is 0 Å². The van der Waals surface area contributed by atoms with Gasteiger partial charge in [0.15, 0.2) is 0 Å². The molecule has 0 saturated carbocycles. The lowest BCUT2D eigenvalue weighted by Crippen LogP contribution is -2.27. The Morgan fingerprint density at radius 2 is 2.06 bits per heavy atom. The Balaban J connectivity index is 2.18. The first-order chi connectivity index (χ1) is 8.01. The van der Waals surface area contributed by atoms with Crippen LogP contribution in [0.3, 0.4) is 0 Å². The summed E-state index contributed by atoms with van der Waals surface area (Å²) in [4.78, 5) is 0. The highest BCUT2D eigenvalue weighted by Crippen LogP contribution is 2.15. The Morgan fingerprint density at radius 1 is 1.41 bits per heavy atom. The van der Waals surface area contributed by atoms with E-state index in [9.17, 15) is 8.42 Å². The average Bonchev–Trinajstić information content (AvgIpc) is 2.27. The Labute approximate surface area is 104 Å². The van der Waals surface area contributed by atoms with Gasteiger partial charge in [0.05, 0.1) is 12.4 Å². The SMILES string of the molecule is CCC(COCC1CCOCC1)CS(N)(=O)=O. The average molecular weight is 265 g/mol. The maximum atomic E-state index is 11.0. The molecule has 1 aliphatic heterocycles. The van der Waals surface area contributed by atoms with Gasteiger partial charge < -0.3 is 9.47 Å². The van der Waals surface area contributed by atoms with Crippen LogP contribution in [0.5, 0.6) is 0 Å². The molecule has 1 fully saturated rings. The molecule has 0 aromatic heterocycles. The van der Waals surface area contributed by atoms with E-state index in [2.05, 4.69) is 0 Å². The van der Waals surface area contributed by atoms with E-state index < -0.39 is 10.0 Å². The minimum atomic E-state index is -3.39. The van der Waals surface area contributed by atoms with Crippen molar-refractivity contribution in [3.63, 3.8) is 0 Å². The first-order valence-electron chi connectivity index (χ1n) is 6.17. The minimum absolute atomic E-state index is 0.00448. The quantitative estimate of drug-likeness (QED) is 0.736. The van der Waals surface area contributed by atoms with Gasteiger partial charge in [-0.3, -0.25) is 0 Å². The summed E-state index contributed by atoms with van der Waals surface area (Å²) < 4.78 is 32.8. The number of primary sulfonamides is 1. The van der Waals surface area contributed by atoms with Crippen molar-refractivity contribution in [3.05, 3.63) is 0 Å². The van der Waals surface area contributed by atoms with Crippen molar-refractivity contribution >= 4 is 10.0 Å². The second kappa shape index (κ2) is 7.31. The van der Waals surface area contributed by atoms with Crippen molar-refractivity contribution in [2.24, 2.45) is 17.0 Å². The molecule has 0 amide bonds. The molecule has 1 unspecified atom stereocenters. The molecule has 0 aromatic rings. The molecule has 0 radical (unpaired) electrons. The van der Waals surface area contributed by atoms with Crippen molar-refractivity contribution in [1.29, 1.82) is 0 Å². The summed E-state index contributed by atoms with van der Waals surface area (Å²) in [6.45, 7) is 4.74. The molecular weight excluding hydrogens is 242 g/mol. The lowest BCUT2D eigenvalue weighted by atomic mass is 10.0. The van der Waals surface area contributed by atoms with E-state index in [1.54, 1.807) is 0 Å². The smallest absolute Gasteiger partial charge is 0.209 e. The third-order valence-electron chi connectivity index (χ3n) is 3.09. The molecule has 5 nitrogen and oxygen atoms in total. The predicted octanol–water partition coefficient (Wildman–Crippen LogP) is 0.744. The fraction of sp³-hybridized carbons (Fsp3) is 1.00. The maximum Gasteiger partial charge on any atom is 0.209 e.